The molecule has 116 valence electrons. The summed E-state index contributed by atoms with van der Waals surface area (Å²) in [5.74, 6) is 6.51. The van der Waals surface area contributed by atoms with Gasteiger partial charge in [0.05, 0.1) is 7.11 Å². The zero-order chi connectivity index (χ0) is 15.9. The van der Waals surface area contributed by atoms with E-state index in [1.165, 1.54) is 0 Å². The Morgan fingerprint density at radius 1 is 1.09 bits per heavy atom. The van der Waals surface area contributed by atoms with Crippen molar-refractivity contribution in [1.82, 2.24) is 5.43 Å². The lowest BCUT2D eigenvalue weighted by Crippen LogP contribution is -2.29. The van der Waals surface area contributed by atoms with Crippen LogP contribution in [-0.4, -0.2) is 12.9 Å². The van der Waals surface area contributed by atoms with Crippen LogP contribution in [0.2, 0.25) is 0 Å². The maximum Gasteiger partial charge on any atom is 0.161 e. The van der Waals surface area contributed by atoms with Gasteiger partial charge in [0.1, 0.15) is 12.4 Å². The molecule has 0 aliphatic heterocycles. The highest BCUT2D eigenvalue weighted by Gasteiger charge is 2.08. The lowest BCUT2D eigenvalue weighted by molar-refractivity contribution is 0.284. The molecule has 22 heavy (non-hydrogen) atoms. The van der Waals surface area contributed by atoms with E-state index in [1.807, 2.05) is 24.3 Å². The Morgan fingerprint density at radius 3 is 2.36 bits per heavy atom. The number of rotatable bonds is 6. The van der Waals surface area contributed by atoms with Gasteiger partial charge in [0.2, 0.25) is 0 Å². The molecule has 0 aliphatic rings. The van der Waals surface area contributed by atoms with Crippen LogP contribution >= 0.6 is 0 Å². The Bertz CT molecular complexity index is 641. The fourth-order valence-electron chi connectivity index (χ4n) is 1.96. The van der Waals surface area contributed by atoms with Crippen molar-refractivity contribution >= 4 is 5.84 Å². The van der Waals surface area contributed by atoms with Gasteiger partial charge in [0, 0.05) is 12.1 Å². The number of benzene rings is 2. The van der Waals surface area contributed by atoms with E-state index in [4.69, 9.17) is 26.5 Å². The molecule has 0 atom stereocenters. The highest BCUT2D eigenvalue weighted by Crippen LogP contribution is 2.28. The molecule has 0 saturated carbocycles. The molecule has 6 N–H and O–H groups in total. The second-order valence-electron chi connectivity index (χ2n) is 4.69. The van der Waals surface area contributed by atoms with Crippen LogP contribution < -0.4 is 26.5 Å². The van der Waals surface area contributed by atoms with Crippen LogP contribution in [0.4, 0.5) is 0 Å². The van der Waals surface area contributed by atoms with E-state index < -0.39 is 0 Å². The number of methoxy groups -OCH3 is 1. The normalized spacial score (nSPS) is 10.1. The Balaban J connectivity index is 2.09. The van der Waals surface area contributed by atoms with E-state index in [9.17, 15) is 0 Å². The van der Waals surface area contributed by atoms with Gasteiger partial charge in [-0.2, -0.15) is 0 Å². The second-order valence-corrected chi connectivity index (χ2v) is 4.69. The summed E-state index contributed by atoms with van der Waals surface area (Å²) < 4.78 is 11.1. The maximum atomic E-state index is 7.65. The quantitative estimate of drug-likeness (QED) is 0.280. The molecule has 0 unspecified atom stereocenters. The van der Waals surface area contributed by atoms with E-state index in [0.717, 1.165) is 11.1 Å². The summed E-state index contributed by atoms with van der Waals surface area (Å²) in [6.45, 7) is 0.949. The van der Waals surface area contributed by atoms with Gasteiger partial charge in [-0.05, 0) is 29.3 Å². The lowest BCUT2D eigenvalue weighted by atomic mass is 10.1. The number of nitrogens with one attached hydrogen (secondary N) is 2. The summed E-state index contributed by atoms with van der Waals surface area (Å²) >= 11 is 0. The van der Waals surface area contributed by atoms with E-state index >= 15 is 0 Å². The molecule has 0 heterocycles. The van der Waals surface area contributed by atoms with Crippen molar-refractivity contribution in [3.63, 3.8) is 0 Å². The molecule has 6 heteroatoms. The van der Waals surface area contributed by atoms with Gasteiger partial charge in [0.25, 0.3) is 0 Å². The molecule has 0 radical (unpaired) electrons. The first-order valence-corrected chi connectivity index (χ1v) is 6.82. The SMILES string of the molecule is COc1cc(C(=N)NN)ccc1OCc1ccc(CN)cc1. The van der Waals surface area contributed by atoms with E-state index in [0.29, 0.717) is 30.2 Å². The van der Waals surface area contributed by atoms with Crippen molar-refractivity contribution in [3.8, 4) is 11.5 Å². The van der Waals surface area contributed by atoms with Gasteiger partial charge >= 0.3 is 0 Å². The largest absolute Gasteiger partial charge is 0.493 e. The first-order valence-electron chi connectivity index (χ1n) is 6.82. The molecule has 0 aliphatic carbocycles. The van der Waals surface area contributed by atoms with Crippen molar-refractivity contribution < 1.29 is 9.47 Å². The van der Waals surface area contributed by atoms with Gasteiger partial charge in [-0.3, -0.25) is 5.41 Å². The average Bonchev–Trinajstić information content (AvgIpc) is 2.59. The molecule has 0 saturated heterocycles. The summed E-state index contributed by atoms with van der Waals surface area (Å²) in [7, 11) is 1.56. The lowest BCUT2D eigenvalue weighted by Gasteiger charge is -2.13. The molecule has 2 aromatic carbocycles. The molecule has 2 rings (SSSR count). The standard InChI is InChI=1S/C16H20N4O2/c1-21-15-8-13(16(18)20-19)6-7-14(15)22-10-12-4-2-11(9-17)3-5-12/h2-8H,9-10,17,19H2,1H3,(H2,18,20). The van der Waals surface area contributed by atoms with E-state index in [2.05, 4.69) is 5.43 Å². The minimum Gasteiger partial charge on any atom is -0.493 e. The number of amidine groups is 1. The Kier molecular flexibility index (Phi) is 5.35. The molecular weight excluding hydrogens is 280 g/mol. The summed E-state index contributed by atoms with van der Waals surface area (Å²) in [6, 6.07) is 13.1. The van der Waals surface area contributed by atoms with Gasteiger partial charge < -0.3 is 20.6 Å². The first kappa shape index (κ1) is 15.8. The van der Waals surface area contributed by atoms with Gasteiger partial charge in [-0.1, -0.05) is 24.3 Å². The number of nitrogens with two attached hydrogens (primary N) is 2. The van der Waals surface area contributed by atoms with Crippen LogP contribution in [0.5, 0.6) is 11.5 Å². The van der Waals surface area contributed by atoms with Crippen molar-refractivity contribution in [2.24, 2.45) is 11.6 Å². The molecule has 6 nitrogen and oxygen atoms in total. The van der Waals surface area contributed by atoms with Crippen molar-refractivity contribution in [2.45, 2.75) is 13.2 Å². The number of hydrazine groups is 1. The molecule has 0 spiro atoms. The third kappa shape index (κ3) is 3.75. The topological polar surface area (TPSA) is 106 Å². The molecule has 2 aromatic rings. The predicted octanol–water partition coefficient (Wildman–Crippen LogP) is 1.52. The molecule has 0 aromatic heterocycles. The fourth-order valence-corrected chi connectivity index (χ4v) is 1.96. The van der Waals surface area contributed by atoms with Crippen LogP contribution in [0.3, 0.4) is 0 Å². The summed E-state index contributed by atoms with van der Waals surface area (Å²) in [5, 5.41) is 7.65. The van der Waals surface area contributed by atoms with Crippen LogP contribution in [0.1, 0.15) is 16.7 Å². The van der Waals surface area contributed by atoms with Crippen molar-refractivity contribution in [2.75, 3.05) is 7.11 Å². The Hall–Kier alpha value is -2.57. The Morgan fingerprint density at radius 2 is 1.77 bits per heavy atom. The summed E-state index contributed by atoms with van der Waals surface area (Å²) in [4.78, 5) is 0. The summed E-state index contributed by atoms with van der Waals surface area (Å²) in [6.07, 6.45) is 0. The fraction of sp³-hybridized carbons (Fsp3) is 0.188. The van der Waals surface area contributed by atoms with Crippen molar-refractivity contribution in [1.29, 1.82) is 5.41 Å². The minimum atomic E-state index is 0.113. The van der Waals surface area contributed by atoms with Gasteiger partial charge in [-0.15, -0.1) is 0 Å². The zero-order valence-corrected chi connectivity index (χ0v) is 12.4. The number of ether oxygens (including phenoxy) is 2. The third-order valence-electron chi connectivity index (χ3n) is 3.25. The third-order valence-corrected chi connectivity index (χ3v) is 3.25. The van der Waals surface area contributed by atoms with Gasteiger partial charge in [-0.25, -0.2) is 5.84 Å². The predicted molar refractivity (Wildman–Crippen MR) is 85.8 cm³/mol. The van der Waals surface area contributed by atoms with Crippen LogP contribution in [0.25, 0.3) is 0 Å². The average molecular weight is 300 g/mol. The minimum absolute atomic E-state index is 0.113. The monoisotopic (exact) mass is 300 g/mol. The van der Waals surface area contributed by atoms with Crippen molar-refractivity contribution in [3.05, 3.63) is 59.2 Å². The second kappa shape index (κ2) is 7.44. The smallest absolute Gasteiger partial charge is 0.161 e. The van der Waals surface area contributed by atoms with Crippen LogP contribution in [0.15, 0.2) is 42.5 Å². The number of hydrogen-bond donors (Lipinski definition) is 4. The molecule has 0 bridgehead atoms. The van der Waals surface area contributed by atoms with Crippen LogP contribution in [-0.2, 0) is 13.2 Å². The summed E-state index contributed by atoms with van der Waals surface area (Å²) in [5.41, 5.74) is 10.6. The van der Waals surface area contributed by atoms with Gasteiger partial charge in [0.15, 0.2) is 11.5 Å². The maximum absolute atomic E-state index is 7.65. The Labute approximate surface area is 129 Å². The highest BCUT2D eigenvalue weighted by atomic mass is 16.5. The van der Waals surface area contributed by atoms with E-state index in [-0.39, 0.29) is 5.84 Å². The molecule has 0 fully saturated rings. The molecule has 0 amide bonds. The molecular formula is C16H20N4O2. The first-order chi connectivity index (χ1) is 10.7. The number of hydrogen-bond acceptors (Lipinski definition) is 5. The highest BCUT2D eigenvalue weighted by molar-refractivity contribution is 5.96. The van der Waals surface area contributed by atoms with E-state index in [1.54, 1.807) is 25.3 Å². The zero-order valence-electron chi connectivity index (χ0n) is 12.4. The van der Waals surface area contributed by atoms with Crippen LogP contribution in [0, 0.1) is 5.41 Å².